The van der Waals surface area contributed by atoms with Gasteiger partial charge in [-0.3, -0.25) is 4.79 Å². The number of carbonyl (C=O) groups is 2. The first-order valence-corrected chi connectivity index (χ1v) is 5.85. The monoisotopic (exact) mass is 258 g/mol. The van der Waals surface area contributed by atoms with E-state index in [1.165, 1.54) is 0 Å². The molecule has 1 aliphatic rings. The highest BCUT2D eigenvalue weighted by Crippen LogP contribution is 2.06. The van der Waals surface area contributed by atoms with Gasteiger partial charge in [0.15, 0.2) is 0 Å². The number of rotatable bonds is 5. The fourth-order valence-corrected chi connectivity index (χ4v) is 1.63. The predicted octanol–water partition coefficient (Wildman–Crippen LogP) is -0.512. The van der Waals surface area contributed by atoms with Crippen molar-refractivity contribution in [1.29, 1.82) is 0 Å². The largest absolute Gasteiger partial charge is 0.393 e. The first-order valence-electron chi connectivity index (χ1n) is 5.44. The Morgan fingerprint density at radius 1 is 1.53 bits per heavy atom. The van der Waals surface area contributed by atoms with Gasteiger partial charge in [0.25, 0.3) is 0 Å². The van der Waals surface area contributed by atoms with Gasteiger partial charge >= 0.3 is 6.03 Å². The summed E-state index contributed by atoms with van der Waals surface area (Å²) >= 11 is 4.75. The van der Waals surface area contributed by atoms with Crippen molar-refractivity contribution in [3.05, 3.63) is 0 Å². The molecule has 0 aliphatic carbocycles. The molecule has 3 amide bonds. The van der Waals surface area contributed by atoms with Crippen molar-refractivity contribution in [2.75, 3.05) is 40.3 Å². The van der Waals surface area contributed by atoms with Crippen LogP contribution in [0.5, 0.6) is 0 Å². The van der Waals surface area contributed by atoms with E-state index in [1.807, 2.05) is 0 Å². The summed E-state index contributed by atoms with van der Waals surface area (Å²) in [6, 6.07) is -0.0962. The molecule has 0 bridgehead atoms. The molecule has 7 heteroatoms. The Morgan fingerprint density at radius 3 is 2.65 bits per heavy atom. The second-order valence-corrected chi connectivity index (χ2v) is 4.68. The van der Waals surface area contributed by atoms with Gasteiger partial charge in [0.1, 0.15) is 6.54 Å². The fourth-order valence-electron chi connectivity index (χ4n) is 1.54. The Labute approximate surface area is 106 Å². The number of likely N-dealkylation sites (N-methyl/N-ethyl adjacent to an activating group) is 2. The number of nitrogens with zero attached hydrogens (tertiary/aromatic N) is 3. The predicted molar refractivity (Wildman–Crippen MR) is 68.6 cm³/mol. The molecule has 1 fully saturated rings. The number of thiocarbonyl (C=S) groups is 1. The van der Waals surface area contributed by atoms with Crippen molar-refractivity contribution in [2.45, 2.75) is 6.42 Å². The molecule has 1 heterocycles. The van der Waals surface area contributed by atoms with Gasteiger partial charge in [-0.25, -0.2) is 4.79 Å². The van der Waals surface area contributed by atoms with E-state index in [1.54, 1.807) is 28.8 Å². The van der Waals surface area contributed by atoms with Crippen LogP contribution in [0.25, 0.3) is 0 Å². The minimum absolute atomic E-state index is 0.0927. The Balaban J connectivity index is 2.38. The van der Waals surface area contributed by atoms with Crippen LogP contribution in [-0.2, 0) is 4.79 Å². The summed E-state index contributed by atoms with van der Waals surface area (Å²) in [5.74, 6) is -0.0927. The van der Waals surface area contributed by atoms with Gasteiger partial charge in [0.2, 0.25) is 5.91 Å². The Bertz CT molecular complexity index is 334. The van der Waals surface area contributed by atoms with Crippen LogP contribution in [0.15, 0.2) is 0 Å². The normalized spacial score (nSPS) is 15.3. The zero-order valence-corrected chi connectivity index (χ0v) is 11.0. The lowest BCUT2D eigenvalue weighted by Gasteiger charge is -2.21. The summed E-state index contributed by atoms with van der Waals surface area (Å²) in [6.45, 7) is 1.88. The lowest BCUT2D eigenvalue weighted by molar-refractivity contribution is -0.130. The molecular weight excluding hydrogens is 240 g/mol. The standard InChI is InChI=1S/C10H18N4O2S/c1-12(4-3-8(11)17)9(15)7-14-6-5-13(2)10(14)16/h3-7H2,1-2H3,(H2,11,17). The van der Waals surface area contributed by atoms with Crippen LogP contribution in [0.4, 0.5) is 4.79 Å². The molecule has 0 spiro atoms. The molecule has 0 radical (unpaired) electrons. The number of nitrogens with two attached hydrogens (primary N) is 1. The molecule has 0 aromatic rings. The number of hydrogen-bond acceptors (Lipinski definition) is 3. The molecule has 0 atom stereocenters. The summed E-state index contributed by atoms with van der Waals surface area (Å²) < 4.78 is 0. The maximum Gasteiger partial charge on any atom is 0.320 e. The highest BCUT2D eigenvalue weighted by molar-refractivity contribution is 7.80. The molecule has 96 valence electrons. The highest BCUT2D eigenvalue weighted by Gasteiger charge is 2.27. The number of carbonyl (C=O) groups excluding carboxylic acids is 2. The van der Waals surface area contributed by atoms with Crippen LogP contribution in [-0.4, -0.2) is 71.9 Å². The zero-order valence-electron chi connectivity index (χ0n) is 10.2. The van der Waals surface area contributed by atoms with Crippen LogP contribution in [0.2, 0.25) is 0 Å². The van der Waals surface area contributed by atoms with E-state index in [9.17, 15) is 9.59 Å². The van der Waals surface area contributed by atoms with Crippen molar-refractivity contribution in [3.8, 4) is 0 Å². The van der Waals surface area contributed by atoms with Crippen molar-refractivity contribution < 1.29 is 9.59 Å². The average molecular weight is 258 g/mol. The summed E-state index contributed by atoms with van der Waals surface area (Å²) in [4.78, 5) is 28.4. The average Bonchev–Trinajstić information content (AvgIpc) is 2.57. The molecular formula is C10H18N4O2S. The van der Waals surface area contributed by atoms with E-state index in [4.69, 9.17) is 18.0 Å². The molecule has 17 heavy (non-hydrogen) atoms. The van der Waals surface area contributed by atoms with Gasteiger partial charge in [0.05, 0.1) is 4.99 Å². The molecule has 1 aliphatic heterocycles. The van der Waals surface area contributed by atoms with E-state index >= 15 is 0 Å². The van der Waals surface area contributed by atoms with Crippen LogP contribution in [0, 0.1) is 0 Å². The molecule has 2 N–H and O–H groups in total. The zero-order chi connectivity index (χ0) is 13.0. The Kier molecular flexibility index (Phi) is 4.68. The third-order valence-electron chi connectivity index (χ3n) is 2.75. The lowest BCUT2D eigenvalue weighted by atomic mass is 10.3. The summed E-state index contributed by atoms with van der Waals surface area (Å²) in [6.07, 6.45) is 0.505. The molecule has 0 aromatic carbocycles. The molecule has 1 saturated heterocycles. The van der Waals surface area contributed by atoms with Crippen LogP contribution in [0.3, 0.4) is 0 Å². The van der Waals surface area contributed by atoms with Crippen molar-refractivity contribution >= 4 is 29.1 Å². The van der Waals surface area contributed by atoms with Gasteiger partial charge < -0.3 is 20.4 Å². The van der Waals surface area contributed by atoms with E-state index < -0.39 is 0 Å². The van der Waals surface area contributed by atoms with Crippen molar-refractivity contribution in [1.82, 2.24) is 14.7 Å². The van der Waals surface area contributed by atoms with E-state index in [0.717, 1.165) is 0 Å². The smallest absolute Gasteiger partial charge is 0.320 e. The molecule has 1 rings (SSSR count). The Morgan fingerprint density at radius 2 is 2.18 bits per heavy atom. The molecule has 6 nitrogen and oxygen atoms in total. The van der Waals surface area contributed by atoms with Crippen molar-refractivity contribution in [3.63, 3.8) is 0 Å². The maximum absolute atomic E-state index is 11.8. The number of urea groups is 1. The number of amides is 3. The SMILES string of the molecule is CN(CCC(N)=S)C(=O)CN1CCN(C)C1=O. The summed E-state index contributed by atoms with van der Waals surface area (Å²) in [7, 11) is 3.41. The molecule has 0 aromatic heterocycles. The van der Waals surface area contributed by atoms with E-state index in [2.05, 4.69) is 0 Å². The fraction of sp³-hybridized carbons (Fsp3) is 0.700. The minimum atomic E-state index is -0.0962. The minimum Gasteiger partial charge on any atom is -0.393 e. The number of hydrogen-bond donors (Lipinski definition) is 1. The van der Waals surface area contributed by atoms with Crippen molar-refractivity contribution in [2.24, 2.45) is 5.73 Å². The van der Waals surface area contributed by atoms with Crippen LogP contribution >= 0.6 is 12.2 Å². The second kappa shape index (κ2) is 5.81. The first kappa shape index (κ1) is 13.7. The highest BCUT2D eigenvalue weighted by atomic mass is 32.1. The molecule has 0 unspecified atom stereocenters. The third-order valence-corrected chi connectivity index (χ3v) is 2.95. The second-order valence-electron chi connectivity index (χ2n) is 4.16. The first-order chi connectivity index (χ1) is 7.91. The van der Waals surface area contributed by atoms with Crippen LogP contribution in [0.1, 0.15) is 6.42 Å². The molecule has 0 saturated carbocycles. The maximum atomic E-state index is 11.8. The van der Waals surface area contributed by atoms with Gasteiger partial charge in [-0.1, -0.05) is 12.2 Å². The summed E-state index contributed by atoms with van der Waals surface area (Å²) in [5.41, 5.74) is 5.37. The van der Waals surface area contributed by atoms with Gasteiger partial charge in [-0.15, -0.1) is 0 Å². The van der Waals surface area contributed by atoms with Gasteiger partial charge in [0, 0.05) is 40.2 Å². The quantitative estimate of drug-likeness (QED) is 0.674. The van der Waals surface area contributed by atoms with E-state index in [0.29, 0.717) is 31.0 Å². The lowest BCUT2D eigenvalue weighted by Crippen LogP contribution is -2.41. The topological polar surface area (TPSA) is 69.9 Å². The van der Waals surface area contributed by atoms with Gasteiger partial charge in [-0.2, -0.15) is 0 Å². The van der Waals surface area contributed by atoms with Gasteiger partial charge in [-0.05, 0) is 0 Å². The Hall–Kier alpha value is -1.37. The van der Waals surface area contributed by atoms with E-state index in [-0.39, 0.29) is 18.5 Å². The summed E-state index contributed by atoms with van der Waals surface area (Å²) in [5, 5.41) is 0. The van der Waals surface area contributed by atoms with Crippen LogP contribution < -0.4 is 5.73 Å². The third kappa shape index (κ3) is 3.85.